The second kappa shape index (κ2) is 9.13. The Morgan fingerprint density at radius 1 is 0.969 bits per heavy atom. The predicted octanol–water partition coefficient (Wildman–Crippen LogP) is 4.33. The fourth-order valence-corrected chi connectivity index (χ4v) is 3.26. The molecule has 160 valence electrons. The van der Waals surface area contributed by atoms with Crippen molar-refractivity contribution in [3.63, 3.8) is 0 Å². The highest BCUT2D eigenvalue weighted by atomic mass is 16.6. The predicted molar refractivity (Wildman–Crippen MR) is 120 cm³/mol. The van der Waals surface area contributed by atoms with Crippen LogP contribution in [-0.4, -0.2) is 32.7 Å². The van der Waals surface area contributed by atoms with Crippen molar-refractivity contribution >= 4 is 11.6 Å². The lowest BCUT2D eigenvalue weighted by atomic mass is 10.1. The van der Waals surface area contributed by atoms with Crippen molar-refractivity contribution < 1.29 is 14.8 Å². The van der Waals surface area contributed by atoms with Crippen LogP contribution in [0.5, 0.6) is 5.75 Å². The molecule has 0 spiro atoms. The van der Waals surface area contributed by atoms with Gasteiger partial charge in [0, 0.05) is 29.8 Å². The minimum Gasteiger partial charge on any atom is -0.508 e. The molecule has 8 heteroatoms. The number of aromatic hydroxyl groups is 1. The maximum Gasteiger partial charge on any atom is 0.269 e. The largest absolute Gasteiger partial charge is 0.508 e. The van der Waals surface area contributed by atoms with E-state index in [4.69, 9.17) is 0 Å². The van der Waals surface area contributed by atoms with E-state index in [1.165, 1.54) is 12.1 Å². The van der Waals surface area contributed by atoms with Gasteiger partial charge in [-0.15, -0.1) is 0 Å². The third kappa shape index (κ3) is 4.81. The van der Waals surface area contributed by atoms with Gasteiger partial charge in [0.25, 0.3) is 11.6 Å². The van der Waals surface area contributed by atoms with Crippen molar-refractivity contribution in [2.45, 2.75) is 6.42 Å². The van der Waals surface area contributed by atoms with Crippen LogP contribution in [0.1, 0.15) is 15.9 Å². The average molecular weight is 428 g/mol. The SMILES string of the molecule is O=C(NCCc1ccc([N+](=O)[O-])cc1)c1ccc(-c2cc(-c3ccc(O)cc3)[nH]n2)cc1. The van der Waals surface area contributed by atoms with Gasteiger partial charge in [-0.05, 0) is 60.0 Å². The Morgan fingerprint density at radius 2 is 1.62 bits per heavy atom. The van der Waals surface area contributed by atoms with E-state index in [1.54, 1.807) is 48.5 Å². The topological polar surface area (TPSA) is 121 Å². The zero-order valence-corrected chi connectivity index (χ0v) is 17.0. The molecule has 1 amide bonds. The first-order chi connectivity index (χ1) is 15.5. The Bertz CT molecular complexity index is 1230. The lowest BCUT2D eigenvalue weighted by Gasteiger charge is -2.06. The van der Waals surface area contributed by atoms with Crippen LogP contribution in [-0.2, 0) is 6.42 Å². The molecule has 0 bridgehead atoms. The summed E-state index contributed by atoms with van der Waals surface area (Å²) in [7, 11) is 0. The summed E-state index contributed by atoms with van der Waals surface area (Å²) in [4.78, 5) is 22.7. The lowest BCUT2D eigenvalue weighted by molar-refractivity contribution is -0.384. The zero-order chi connectivity index (χ0) is 22.5. The van der Waals surface area contributed by atoms with E-state index in [2.05, 4.69) is 15.5 Å². The van der Waals surface area contributed by atoms with E-state index in [0.717, 1.165) is 28.1 Å². The number of nitrogens with zero attached hydrogens (tertiary/aromatic N) is 2. The Labute approximate surface area is 183 Å². The van der Waals surface area contributed by atoms with Gasteiger partial charge in [-0.1, -0.05) is 24.3 Å². The summed E-state index contributed by atoms with van der Waals surface area (Å²) >= 11 is 0. The number of aromatic nitrogens is 2. The molecule has 1 heterocycles. The molecule has 4 aromatic rings. The highest BCUT2D eigenvalue weighted by Gasteiger charge is 2.09. The summed E-state index contributed by atoms with van der Waals surface area (Å²) in [5.74, 6) is 0.0142. The number of phenolic OH excluding ortho intramolecular Hbond substituents is 1. The summed E-state index contributed by atoms with van der Waals surface area (Å²) in [6, 6.07) is 22.2. The minimum atomic E-state index is -0.438. The van der Waals surface area contributed by atoms with Crippen molar-refractivity contribution in [2.75, 3.05) is 6.54 Å². The molecule has 0 fully saturated rings. The van der Waals surface area contributed by atoms with Crippen LogP contribution in [0.25, 0.3) is 22.5 Å². The Kier molecular flexibility index (Phi) is 5.94. The molecule has 0 radical (unpaired) electrons. The third-order valence-corrected chi connectivity index (χ3v) is 5.05. The highest BCUT2D eigenvalue weighted by molar-refractivity contribution is 5.94. The Morgan fingerprint density at radius 3 is 2.28 bits per heavy atom. The highest BCUT2D eigenvalue weighted by Crippen LogP contribution is 2.25. The monoisotopic (exact) mass is 428 g/mol. The molecule has 0 aliphatic rings. The minimum absolute atomic E-state index is 0.0463. The molecule has 0 unspecified atom stereocenters. The van der Waals surface area contributed by atoms with Gasteiger partial charge in [-0.3, -0.25) is 20.0 Å². The molecule has 0 aliphatic carbocycles. The fraction of sp³-hybridized carbons (Fsp3) is 0.0833. The summed E-state index contributed by atoms with van der Waals surface area (Å²) in [5, 5.41) is 30.3. The first-order valence-corrected chi connectivity index (χ1v) is 9.96. The standard InChI is InChI=1S/C24H20N4O4/c29-21-11-7-18(8-12-21)23-15-22(26-27-23)17-3-5-19(6-4-17)24(30)25-14-13-16-1-9-20(10-2-16)28(31)32/h1-12,15,29H,13-14H2,(H,25,30)(H,26,27). The summed E-state index contributed by atoms with van der Waals surface area (Å²) in [5.41, 5.74) is 4.84. The molecular weight excluding hydrogens is 408 g/mol. The van der Waals surface area contributed by atoms with Gasteiger partial charge in [0.05, 0.1) is 16.3 Å². The maximum atomic E-state index is 12.4. The molecule has 3 aromatic carbocycles. The van der Waals surface area contributed by atoms with Gasteiger partial charge >= 0.3 is 0 Å². The molecule has 32 heavy (non-hydrogen) atoms. The number of nitro groups is 1. The number of phenols is 1. The second-order valence-electron chi connectivity index (χ2n) is 7.22. The molecule has 0 saturated carbocycles. The number of H-pyrrole nitrogens is 1. The van der Waals surface area contributed by atoms with Gasteiger partial charge < -0.3 is 10.4 Å². The molecule has 0 saturated heterocycles. The van der Waals surface area contributed by atoms with Crippen LogP contribution in [0.4, 0.5) is 5.69 Å². The van der Waals surface area contributed by atoms with Gasteiger partial charge in [0.1, 0.15) is 5.75 Å². The van der Waals surface area contributed by atoms with Crippen molar-refractivity contribution in [1.82, 2.24) is 15.5 Å². The number of carbonyl (C=O) groups is 1. The zero-order valence-electron chi connectivity index (χ0n) is 17.0. The second-order valence-corrected chi connectivity index (χ2v) is 7.22. The van der Waals surface area contributed by atoms with Gasteiger partial charge in [-0.2, -0.15) is 5.10 Å². The number of hydrogen-bond donors (Lipinski definition) is 3. The first kappa shape index (κ1) is 20.8. The quantitative estimate of drug-likeness (QED) is 0.299. The Balaban J connectivity index is 1.34. The number of nitro benzene ring substituents is 1. The molecule has 4 rings (SSSR count). The van der Waals surface area contributed by atoms with E-state index < -0.39 is 4.92 Å². The van der Waals surface area contributed by atoms with Crippen LogP contribution in [0.2, 0.25) is 0 Å². The maximum absolute atomic E-state index is 12.4. The van der Waals surface area contributed by atoms with Crippen molar-refractivity contribution in [1.29, 1.82) is 0 Å². The van der Waals surface area contributed by atoms with E-state index >= 15 is 0 Å². The summed E-state index contributed by atoms with van der Waals surface area (Å²) in [6.45, 7) is 0.424. The number of non-ortho nitro benzene ring substituents is 1. The summed E-state index contributed by atoms with van der Waals surface area (Å²) in [6.07, 6.45) is 0.578. The molecule has 0 aliphatic heterocycles. The number of aromatic amines is 1. The molecule has 1 aromatic heterocycles. The number of carbonyl (C=O) groups excluding carboxylic acids is 1. The number of amides is 1. The molecule has 8 nitrogen and oxygen atoms in total. The van der Waals surface area contributed by atoms with Crippen LogP contribution >= 0.6 is 0 Å². The smallest absolute Gasteiger partial charge is 0.269 e. The summed E-state index contributed by atoms with van der Waals surface area (Å²) < 4.78 is 0. The van der Waals surface area contributed by atoms with Crippen molar-refractivity contribution in [2.24, 2.45) is 0 Å². The Hall–Kier alpha value is -4.46. The van der Waals surface area contributed by atoms with Gasteiger partial charge in [-0.25, -0.2) is 0 Å². The average Bonchev–Trinajstić information content (AvgIpc) is 3.30. The lowest BCUT2D eigenvalue weighted by Crippen LogP contribution is -2.25. The number of hydrogen-bond acceptors (Lipinski definition) is 5. The molecule has 0 atom stereocenters. The van der Waals surface area contributed by atoms with Crippen molar-refractivity contribution in [3.05, 3.63) is 100 Å². The van der Waals surface area contributed by atoms with Crippen molar-refractivity contribution in [3.8, 4) is 28.3 Å². The number of rotatable bonds is 7. The first-order valence-electron chi connectivity index (χ1n) is 9.96. The molecule has 3 N–H and O–H groups in total. The van der Waals surface area contributed by atoms with E-state index in [9.17, 15) is 20.0 Å². The van der Waals surface area contributed by atoms with E-state index in [1.807, 2.05) is 18.2 Å². The normalized spacial score (nSPS) is 10.6. The van der Waals surface area contributed by atoms with Crippen LogP contribution in [0.3, 0.4) is 0 Å². The molecular formula is C24H20N4O4. The third-order valence-electron chi connectivity index (χ3n) is 5.05. The van der Waals surface area contributed by atoms with E-state index in [0.29, 0.717) is 18.5 Å². The van der Waals surface area contributed by atoms with Crippen LogP contribution < -0.4 is 5.32 Å². The van der Waals surface area contributed by atoms with Gasteiger partial charge in [0.15, 0.2) is 0 Å². The van der Waals surface area contributed by atoms with Crippen LogP contribution in [0.15, 0.2) is 78.9 Å². The number of benzene rings is 3. The van der Waals surface area contributed by atoms with Gasteiger partial charge in [0.2, 0.25) is 0 Å². The van der Waals surface area contributed by atoms with E-state index in [-0.39, 0.29) is 17.3 Å². The number of nitrogens with one attached hydrogen (secondary N) is 2. The van der Waals surface area contributed by atoms with Crippen LogP contribution in [0, 0.1) is 10.1 Å². The fourth-order valence-electron chi connectivity index (χ4n) is 3.26.